The van der Waals surface area contributed by atoms with Crippen LogP contribution >= 0.6 is 0 Å². The van der Waals surface area contributed by atoms with Gasteiger partial charge in [-0.15, -0.1) is 0 Å². The van der Waals surface area contributed by atoms with Crippen LogP contribution in [0.4, 0.5) is 0 Å². The first-order valence-electron chi connectivity index (χ1n) is 15.1. The summed E-state index contributed by atoms with van der Waals surface area (Å²) >= 11 is 0. The number of pyridine rings is 2. The average molecular weight is 621 g/mol. The molecule has 0 spiro atoms. The Hall–Kier alpha value is -6.94. The quantitative estimate of drug-likeness (QED) is 0.179. The predicted molar refractivity (Wildman–Crippen MR) is 182 cm³/mol. The molecule has 6 heterocycles. The fourth-order valence-electron chi connectivity index (χ4n) is 5.15. The van der Waals surface area contributed by atoms with Crippen molar-refractivity contribution in [1.29, 1.82) is 0 Å². The maximum absolute atomic E-state index is 4.57. The second kappa shape index (κ2) is 12.8. The molecule has 0 fully saturated rings. The van der Waals surface area contributed by atoms with Gasteiger partial charge in [-0.05, 0) is 46.5 Å². The number of nitrogens with zero attached hydrogens (tertiary/aromatic N) is 10. The summed E-state index contributed by atoms with van der Waals surface area (Å²) in [7, 11) is 0. The first-order valence-corrected chi connectivity index (χ1v) is 15.1. The molecule has 0 amide bonds. The molecule has 2 aromatic carbocycles. The zero-order chi connectivity index (χ0) is 32.1. The van der Waals surface area contributed by atoms with Crippen LogP contribution in [0.25, 0.3) is 78.9 Å². The molecule has 0 atom stereocenters. The van der Waals surface area contributed by atoms with E-state index in [1.807, 2.05) is 48.5 Å². The summed E-state index contributed by atoms with van der Waals surface area (Å²) in [5, 5.41) is 0. The van der Waals surface area contributed by atoms with E-state index in [0.717, 1.165) is 55.6 Å². The summed E-state index contributed by atoms with van der Waals surface area (Å²) in [5.41, 5.74) is 9.36. The van der Waals surface area contributed by atoms with Crippen LogP contribution in [0.5, 0.6) is 0 Å². The monoisotopic (exact) mass is 620 g/mol. The highest BCUT2D eigenvalue weighted by Crippen LogP contribution is 2.27. The smallest absolute Gasteiger partial charge is 0.162 e. The van der Waals surface area contributed by atoms with Crippen molar-refractivity contribution in [3.63, 3.8) is 0 Å². The Kier molecular flexibility index (Phi) is 7.62. The topological polar surface area (TPSA) is 129 Å². The van der Waals surface area contributed by atoms with Gasteiger partial charge in [0.05, 0.1) is 11.1 Å². The number of aromatic nitrogens is 10. The van der Waals surface area contributed by atoms with Gasteiger partial charge in [-0.25, -0.2) is 39.9 Å². The standard InChI is InChI=1S/C38H24N10/c1-5-29(35-45-21-33(22-46-35)37-41-17-31(18-42-37)27-9-13-39-14-10-27)6-2-25(1)26-3-7-30(8-4-26)36-47-23-34(24-48-36)38-43-19-32(20-44-38)28-11-15-40-16-12-28/h1-24H. The van der Waals surface area contributed by atoms with Crippen LogP contribution in [-0.2, 0) is 0 Å². The van der Waals surface area contributed by atoms with Crippen LogP contribution in [0, 0.1) is 0 Å². The minimum Gasteiger partial charge on any atom is -0.265 e. The van der Waals surface area contributed by atoms with Gasteiger partial charge < -0.3 is 0 Å². The molecule has 8 aromatic rings. The highest BCUT2D eigenvalue weighted by Gasteiger charge is 2.09. The van der Waals surface area contributed by atoms with Crippen LogP contribution in [0.2, 0.25) is 0 Å². The molecule has 0 saturated heterocycles. The number of hydrogen-bond donors (Lipinski definition) is 0. The van der Waals surface area contributed by atoms with Gasteiger partial charge in [0.2, 0.25) is 0 Å². The van der Waals surface area contributed by atoms with Crippen molar-refractivity contribution in [3.8, 4) is 78.9 Å². The third-order valence-electron chi connectivity index (χ3n) is 7.77. The maximum atomic E-state index is 4.57. The van der Waals surface area contributed by atoms with Gasteiger partial charge in [0.1, 0.15) is 0 Å². The third kappa shape index (κ3) is 6.01. The maximum Gasteiger partial charge on any atom is 0.162 e. The molecule has 226 valence electrons. The first kappa shape index (κ1) is 28.5. The normalized spacial score (nSPS) is 10.9. The SMILES string of the molecule is c1cc(-c2cnc(-c3cnc(-c4ccc(-c5ccc(-c6ncc(-c7ncc(-c8ccncc8)cn7)cn6)cc5)cc4)nc3)nc2)ccn1. The lowest BCUT2D eigenvalue weighted by atomic mass is 10.0. The fraction of sp³-hybridized carbons (Fsp3) is 0. The molecule has 10 nitrogen and oxygen atoms in total. The van der Waals surface area contributed by atoms with E-state index in [2.05, 4.69) is 74.1 Å². The van der Waals surface area contributed by atoms with E-state index < -0.39 is 0 Å². The number of benzene rings is 2. The van der Waals surface area contributed by atoms with Gasteiger partial charge in [-0.3, -0.25) is 9.97 Å². The summed E-state index contributed by atoms with van der Waals surface area (Å²) in [6.07, 6.45) is 21.1. The molecule has 0 unspecified atom stereocenters. The molecule has 0 radical (unpaired) electrons. The summed E-state index contributed by atoms with van der Waals surface area (Å²) in [4.78, 5) is 44.4. The third-order valence-corrected chi connectivity index (χ3v) is 7.77. The summed E-state index contributed by atoms with van der Waals surface area (Å²) in [6.45, 7) is 0. The minimum absolute atomic E-state index is 0.570. The summed E-state index contributed by atoms with van der Waals surface area (Å²) in [5.74, 6) is 2.40. The van der Waals surface area contributed by atoms with Crippen LogP contribution in [0.15, 0.2) is 147 Å². The molecule has 8 rings (SSSR count). The van der Waals surface area contributed by atoms with Crippen molar-refractivity contribution in [1.82, 2.24) is 49.8 Å². The van der Waals surface area contributed by atoms with E-state index >= 15 is 0 Å². The zero-order valence-electron chi connectivity index (χ0n) is 25.3. The lowest BCUT2D eigenvalue weighted by molar-refractivity contribution is 1.13. The van der Waals surface area contributed by atoms with Crippen molar-refractivity contribution in [2.75, 3.05) is 0 Å². The lowest BCUT2D eigenvalue weighted by Crippen LogP contribution is -1.94. The van der Waals surface area contributed by atoms with E-state index in [1.54, 1.807) is 74.4 Å². The van der Waals surface area contributed by atoms with Gasteiger partial charge in [-0.1, -0.05) is 48.5 Å². The molecule has 0 aliphatic rings. The molecule has 0 N–H and O–H groups in total. The van der Waals surface area contributed by atoms with Crippen LogP contribution in [-0.4, -0.2) is 49.8 Å². The Bertz CT molecular complexity index is 2090. The second-order valence-electron chi connectivity index (χ2n) is 10.8. The average Bonchev–Trinajstić information content (AvgIpc) is 3.19. The van der Waals surface area contributed by atoms with E-state index in [-0.39, 0.29) is 0 Å². The highest BCUT2D eigenvalue weighted by atomic mass is 14.9. The molecular formula is C38H24N10. The van der Waals surface area contributed by atoms with Crippen molar-refractivity contribution in [2.24, 2.45) is 0 Å². The largest absolute Gasteiger partial charge is 0.265 e. The molecule has 10 heteroatoms. The van der Waals surface area contributed by atoms with Gasteiger partial charge in [0, 0.05) is 96.6 Å². The van der Waals surface area contributed by atoms with E-state index in [4.69, 9.17) is 0 Å². The molecule has 0 aliphatic heterocycles. The predicted octanol–water partition coefficient (Wildman–Crippen LogP) is 7.31. The van der Waals surface area contributed by atoms with Gasteiger partial charge >= 0.3 is 0 Å². The van der Waals surface area contributed by atoms with Crippen LogP contribution in [0.3, 0.4) is 0 Å². The summed E-state index contributed by atoms with van der Waals surface area (Å²) in [6, 6.07) is 24.0. The fourth-order valence-corrected chi connectivity index (χ4v) is 5.15. The Morgan fingerprint density at radius 2 is 0.438 bits per heavy atom. The Labute approximate surface area is 275 Å². The zero-order valence-corrected chi connectivity index (χ0v) is 25.3. The molecule has 0 aliphatic carbocycles. The van der Waals surface area contributed by atoms with Gasteiger partial charge in [0.15, 0.2) is 23.3 Å². The molecule has 0 saturated carbocycles. The van der Waals surface area contributed by atoms with Gasteiger partial charge in [-0.2, -0.15) is 0 Å². The Balaban J connectivity index is 0.921. The van der Waals surface area contributed by atoms with Gasteiger partial charge in [0.25, 0.3) is 0 Å². The Morgan fingerprint density at radius 1 is 0.208 bits per heavy atom. The molecule has 0 bridgehead atoms. The van der Waals surface area contributed by atoms with Crippen molar-refractivity contribution < 1.29 is 0 Å². The molecule has 48 heavy (non-hydrogen) atoms. The number of hydrogen-bond acceptors (Lipinski definition) is 10. The van der Waals surface area contributed by atoms with E-state index in [9.17, 15) is 0 Å². The van der Waals surface area contributed by atoms with Crippen LogP contribution < -0.4 is 0 Å². The second-order valence-corrected chi connectivity index (χ2v) is 10.8. The van der Waals surface area contributed by atoms with Crippen molar-refractivity contribution in [3.05, 3.63) is 147 Å². The molecule has 6 aromatic heterocycles. The Morgan fingerprint density at radius 3 is 0.750 bits per heavy atom. The lowest BCUT2D eigenvalue weighted by Gasteiger charge is -2.07. The number of rotatable bonds is 7. The van der Waals surface area contributed by atoms with E-state index in [0.29, 0.717) is 23.3 Å². The van der Waals surface area contributed by atoms with Crippen LogP contribution in [0.1, 0.15) is 0 Å². The highest BCUT2D eigenvalue weighted by molar-refractivity contribution is 5.71. The minimum atomic E-state index is 0.570. The molecular weight excluding hydrogens is 596 g/mol. The van der Waals surface area contributed by atoms with Crippen molar-refractivity contribution >= 4 is 0 Å². The van der Waals surface area contributed by atoms with E-state index in [1.165, 1.54) is 0 Å². The summed E-state index contributed by atoms with van der Waals surface area (Å²) < 4.78 is 0. The van der Waals surface area contributed by atoms with Crippen molar-refractivity contribution in [2.45, 2.75) is 0 Å². The first-order chi connectivity index (χ1) is 23.8.